The van der Waals surface area contributed by atoms with E-state index in [1.807, 2.05) is 12.2 Å². The number of esters is 2. The Bertz CT molecular complexity index is 2260. The molecule has 3 aliphatic carbocycles. The monoisotopic (exact) mass is 1390 g/mol. The Morgan fingerprint density at radius 2 is 0.913 bits per heavy atom. The van der Waals surface area contributed by atoms with E-state index in [1.54, 1.807) is 88.3 Å². The largest absolute Gasteiger partial charge is 1.00 e. The second kappa shape index (κ2) is 54.2. The number of hydrogen-bond acceptors (Lipinski definition) is 23. The Balaban J connectivity index is -0.000000362. The summed E-state index contributed by atoms with van der Waals surface area (Å²) in [5.74, 6) is -1.68. The van der Waals surface area contributed by atoms with Crippen LogP contribution in [0.15, 0.2) is 24.3 Å². The molecule has 27 nitrogen and oxygen atoms in total. The maximum atomic E-state index is 12.3. The molecule has 4 fully saturated rings. The summed E-state index contributed by atoms with van der Waals surface area (Å²) in [7, 11) is -1.08. The predicted octanol–water partition coefficient (Wildman–Crippen LogP) is 2.92. The molecule has 4 atom stereocenters. The zero-order valence-corrected chi connectivity index (χ0v) is 64.4. The Kier molecular flexibility index (Phi) is 56.3. The van der Waals surface area contributed by atoms with Crippen molar-refractivity contribution in [1.82, 2.24) is 16.0 Å². The summed E-state index contributed by atoms with van der Waals surface area (Å²) in [4.78, 5) is 127. The summed E-state index contributed by atoms with van der Waals surface area (Å²) in [6.45, 7) is 19.5. The van der Waals surface area contributed by atoms with Gasteiger partial charge in [-0.05, 0) is 164 Å². The normalized spacial score (nSPS) is 16.6. The number of rotatable bonds is 27. The topological polar surface area (TPSA) is 388 Å². The first-order valence-electron chi connectivity index (χ1n) is 30.7. The molecule has 520 valence electrons. The van der Waals surface area contributed by atoms with Gasteiger partial charge < -0.3 is 80.0 Å². The maximum absolute atomic E-state index is 12.3. The molecule has 0 radical (unpaired) electrons. The van der Waals surface area contributed by atoms with Gasteiger partial charge in [-0.25, -0.2) is 28.8 Å². The van der Waals surface area contributed by atoms with Crippen LogP contribution in [-0.4, -0.2) is 158 Å². The first-order valence-corrected chi connectivity index (χ1v) is 32.5. The van der Waals surface area contributed by atoms with Crippen molar-refractivity contribution in [3.05, 3.63) is 24.3 Å². The van der Waals surface area contributed by atoms with Gasteiger partial charge in [0.25, 0.3) is 6.47 Å². The number of amides is 3. The number of aldehydes is 1. The van der Waals surface area contributed by atoms with E-state index in [9.17, 15) is 52.5 Å². The molecule has 30 heteroatoms. The van der Waals surface area contributed by atoms with Crippen molar-refractivity contribution in [2.75, 3.05) is 40.2 Å². The van der Waals surface area contributed by atoms with Gasteiger partial charge in [0.2, 0.25) is 0 Å². The molecule has 1 unspecified atom stereocenters. The molecule has 1 aliphatic heterocycles. The van der Waals surface area contributed by atoms with Crippen molar-refractivity contribution in [1.29, 1.82) is 0 Å². The number of hydrogen-bond donors (Lipinski definition) is 5. The van der Waals surface area contributed by atoms with Gasteiger partial charge in [0.1, 0.15) is 53.2 Å². The number of methoxy groups -OCH3 is 2. The van der Waals surface area contributed by atoms with Crippen molar-refractivity contribution in [3.63, 3.8) is 0 Å². The second-order valence-corrected chi connectivity index (χ2v) is 26.4. The number of ether oxygens (including phenoxy) is 6. The summed E-state index contributed by atoms with van der Waals surface area (Å²) in [6, 6.07) is -3.08. The number of ketones is 3. The van der Waals surface area contributed by atoms with E-state index >= 15 is 0 Å². The number of aliphatic hydroxyl groups excluding tert-OH is 1. The molecule has 5 N–H and O–H groups in total. The van der Waals surface area contributed by atoms with Gasteiger partial charge >= 0.3 is 147 Å². The van der Waals surface area contributed by atoms with Crippen molar-refractivity contribution >= 4 is 73.9 Å². The zero-order chi connectivity index (χ0) is 68.9. The molecule has 0 spiro atoms. The van der Waals surface area contributed by atoms with Gasteiger partial charge in [-0.15, -0.1) is 0 Å². The average molecular weight is 1390 g/mol. The van der Waals surface area contributed by atoms with Crippen molar-refractivity contribution < 1.29 is 219 Å². The summed E-state index contributed by atoms with van der Waals surface area (Å²) < 4.78 is 51.7. The van der Waals surface area contributed by atoms with Crippen LogP contribution in [0.3, 0.4) is 0 Å². The second-order valence-electron chi connectivity index (χ2n) is 24.3. The summed E-state index contributed by atoms with van der Waals surface area (Å²) in [6.07, 6.45) is 21.3. The molecule has 0 aromatic carbocycles. The van der Waals surface area contributed by atoms with E-state index in [0.29, 0.717) is 17.8 Å². The van der Waals surface area contributed by atoms with Crippen LogP contribution in [-0.2, 0) is 85.3 Å². The number of carboxylic acids is 1. The molecule has 0 aromatic heterocycles. The molecule has 4 rings (SSSR count). The third-order valence-corrected chi connectivity index (χ3v) is 14.9. The van der Waals surface area contributed by atoms with E-state index in [1.165, 1.54) is 52.7 Å². The first-order chi connectivity index (χ1) is 42.1. The Hall–Kier alpha value is -2.85. The van der Waals surface area contributed by atoms with E-state index in [4.69, 9.17) is 48.3 Å². The van der Waals surface area contributed by atoms with Crippen LogP contribution < -0.4 is 124 Å². The van der Waals surface area contributed by atoms with Crippen LogP contribution in [0.2, 0.25) is 0 Å². The molecular weight excluding hydrogens is 1280 g/mol. The Morgan fingerprint density at radius 3 is 1.17 bits per heavy atom. The number of aliphatic hydroxyl groups is 1. The minimum absolute atomic E-state index is 0. The van der Waals surface area contributed by atoms with Crippen LogP contribution in [0.5, 0.6) is 0 Å². The number of carboxylic acid groups (broad SMARTS) is 1. The molecule has 92 heavy (non-hydrogen) atoms. The fourth-order valence-electron chi connectivity index (χ4n) is 8.69. The quantitative estimate of drug-likeness (QED) is 0.0115. The average Bonchev–Trinajstić information content (AvgIpc) is 2.12. The number of aliphatic carboxylic acids is 1. The smallest absolute Gasteiger partial charge is 1.00 e. The SMILES string of the molecule is CC(C)(C)OC(=O)N[C@@H](CCC(=O)/C=C/C1CCCC1)C(=O)O.CCOP(=O)(CC(=O)CC[C@H](NC(=O)OC(C)(C)C)C(=O)OC)OCC.COC(=O)[C@H](CCC(=O)/C=C/C1CCCC1)NC(=O)OC(C)(C)C.O=CC1CCCC1.O=CO[O-].OC1CCCO1.[H-].[K+].[K+]. The third-order valence-electron chi connectivity index (χ3n) is 12.9. The molecule has 4 aliphatic rings. The van der Waals surface area contributed by atoms with Crippen molar-refractivity contribution in [2.24, 2.45) is 17.8 Å². The molecule has 1 heterocycles. The predicted molar refractivity (Wildman–Crippen MR) is 329 cm³/mol. The molecule has 0 aromatic rings. The minimum atomic E-state index is -3.50. The van der Waals surface area contributed by atoms with Gasteiger partial charge in [-0.2, -0.15) is 0 Å². The van der Waals surface area contributed by atoms with Crippen LogP contribution in [0.25, 0.3) is 0 Å². The fourth-order valence-corrected chi connectivity index (χ4v) is 10.3. The fraction of sp³-hybridized carbons (Fsp3) is 0.758. The van der Waals surface area contributed by atoms with Crippen LogP contribution in [0.4, 0.5) is 14.4 Å². The molecule has 3 amide bonds. The molecule has 1 saturated heterocycles. The van der Waals surface area contributed by atoms with Crippen molar-refractivity contribution in [2.45, 2.75) is 246 Å². The maximum Gasteiger partial charge on any atom is 1.00 e. The van der Waals surface area contributed by atoms with Crippen LogP contribution in [0.1, 0.15) is 206 Å². The summed E-state index contributed by atoms with van der Waals surface area (Å²) >= 11 is 0. The Labute approximate surface area is 630 Å². The summed E-state index contributed by atoms with van der Waals surface area (Å²) in [5.41, 5.74) is -2.10. The zero-order valence-electron chi connectivity index (χ0n) is 58.3. The van der Waals surface area contributed by atoms with Gasteiger partial charge in [-0.1, -0.05) is 50.7 Å². The van der Waals surface area contributed by atoms with Gasteiger partial charge in [0.05, 0.1) is 27.4 Å². The minimum Gasteiger partial charge on any atom is -1.00 e. The Morgan fingerprint density at radius 1 is 0.576 bits per heavy atom. The molecule has 0 bridgehead atoms. The van der Waals surface area contributed by atoms with Gasteiger partial charge in [0, 0.05) is 38.2 Å². The molecule has 3 saturated carbocycles. The standard InChI is InChI=1S/C18H29NO5.C17H27NO5.C16H30NO8P.C6H10O.C4H8O2.CH2O3.2K.H/c1-18(2,3)24-17(22)19-15(16(21)23-4)12-11-14(20)10-9-13-7-5-6-8-13;1-17(2,3)23-16(22)18-14(15(20)21)11-10-13(19)9-8-12-6-4-5-7-12;1-7-23-26(21,24-8-2)11-12(18)9-10-13(14(19)22-6)17-15(20)25-16(3,4)5;7-5-6-3-1-2-4-6;5-4-2-1-3-6-4;2-1-4-3;;;/h9-10,13,15H,5-8,11-12H2,1-4H3,(H,19,22);8-9,12,14H,4-7,10-11H2,1-3H3,(H,18,22)(H,20,21);13H,7-11H2,1-6H3,(H,17,20);5-6H,1-4H2;4-5H,1-3H2;1,3H;;;/q;;;;;;2*+1;-1/p-1/b10-9+;9-8+;;;;;;;/t15-;14-;13-;;;;;;/m000....../s1. The van der Waals surface area contributed by atoms with E-state index in [2.05, 4.69) is 30.3 Å². The molecular formula is C62H106K2N3O24P. The number of carbonyl (C=O) groups is 11. The van der Waals surface area contributed by atoms with E-state index in [0.717, 1.165) is 64.3 Å². The van der Waals surface area contributed by atoms with E-state index in [-0.39, 0.29) is 174 Å². The number of nitrogens with one attached hydrogen (secondary N) is 3. The third kappa shape index (κ3) is 54.3. The first kappa shape index (κ1) is 95.5. The number of allylic oxidation sites excluding steroid dienone is 4. The van der Waals surface area contributed by atoms with Crippen LogP contribution >= 0.6 is 7.60 Å². The summed E-state index contributed by atoms with van der Waals surface area (Å²) in [5, 5.41) is 33.2. The van der Waals surface area contributed by atoms with E-state index < -0.39 is 96.9 Å². The van der Waals surface area contributed by atoms with Crippen molar-refractivity contribution in [3.8, 4) is 0 Å². The van der Waals surface area contributed by atoms with Gasteiger partial charge in [-0.3, -0.25) is 23.7 Å². The van der Waals surface area contributed by atoms with Crippen LogP contribution in [0, 0.1) is 17.8 Å². The number of Topliss-reactive ketones (excluding diaryl/α,β-unsaturated/α-hetero) is 1. The van der Waals surface area contributed by atoms with Gasteiger partial charge in [0.15, 0.2) is 17.9 Å². The number of alkyl carbamates (subject to hydrolysis) is 3. The number of carbonyl (C=O) groups excluding carboxylic acids is 10.